The first-order valence-electron chi connectivity index (χ1n) is 9.69. The zero-order chi connectivity index (χ0) is 19.3. The van der Waals surface area contributed by atoms with E-state index in [9.17, 15) is 9.59 Å². The Morgan fingerprint density at radius 2 is 1.89 bits per heavy atom. The molecule has 1 N–H and O–H groups in total. The second-order valence-electron chi connectivity index (χ2n) is 7.12. The smallest absolute Gasteiger partial charge is 0.251 e. The molecule has 3 aromatic rings. The van der Waals surface area contributed by atoms with Crippen LogP contribution < -0.4 is 10.9 Å². The van der Waals surface area contributed by atoms with Crippen LogP contribution in [0.2, 0.25) is 0 Å². The van der Waals surface area contributed by atoms with Gasteiger partial charge < -0.3 is 9.88 Å². The van der Waals surface area contributed by atoms with Crippen molar-refractivity contribution in [1.82, 2.24) is 14.9 Å². The fourth-order valence-corrected chi connectivity index (χ4v) is 3.85. The van der Waals surface area contributed by atoms with Gasteiger partial charge in [-0.1, -0.05) is 36.4 Å². The Hall–Kier alpha value is -3.21. The van der Waals surface area contributed by atoms with Crippen molar-refractivity contribution in [3.63, 3.8) is 0 Å². The Balaban J connectivity index is 1.61. The number of carbonyl (C=O) groups is 1. The maximum Gasteiger partial charge on any atom is 0.251 e. The molecule has 28 heavy (non-hydrogen) atoms. The van der Waals surface area contributed by atoms with Crippen molar-refractivity contribution < 1.29 is 4.79 Å². The van der Waals surface area contributed by atoms with E-state index in [0.717, 1.165) is 48.1 Å². The quantitative estimate of drug-likeness (QED) is 0.747. The third-order valence-electron chi connectivity index (χ3n) is 5.22. The minimum Gasteiger partial charge on any atom is -0.350 e. The summed E-state index contributed by atoms with van der Waals surface area (Å²) in [5.41, 5.74) is 5.10. The first kappa shape index (κ1) is 18.2. The zero-order valence-electron chi connectivity index (χ0n) is 15.7. The normalized spacial score (nSPS) is 13.0. The van der Waals surface area contributed by atoms with E-state index in [-0.39, 0.29) is 18.0 Å². The Morgan fingerprint density at radius 3 is 2.68 bits per heavy atom. The van der Waals surface area contributed by atoms with Crippen LogP contribution in [-0.4, -0.2) is 15.5 Å². The van der Waals surface area contributed by atoms with Crippen molar-refractivity contribution in [1.29, 1.82) is 0 Å². The summed E-state index contributed by atoms with van der Waals surface area (Å²) in [5.74, 6) is -0.161. The summed E-state index contributed by atoms with van der Waals surface area (Å²) in [5, 5.41) is 2.89. The molecule has 5 nitrogen and oxygen atoms in total. The molecule has 0 atom stereocenters. The Bertz CT molecular complexity index is 1030. The number of fused-ring (bicyclic) bond motifs is 1. The highest BCUT2D eigenvalue weighted by Gasteiger charge is 2.20. The molecule has 1 aliphatic carbocycles. The van der Waals surface area contributed by atoms with Gasteiger partial charge in [0, 0.05) is 30.7 Å². The van der Waals surface area contributed by atoms with Gasteiger partial charge in [0.25, 0.3) is 5.56 Å². The van der Waals surface area contributed by atoms with Crippen LogP contribution in [-0.2, 0) is 30.7 Å². The molecule has 1 aliphatic rings. The average molecular weight is 373 g/mol. The van der Waals surface area contributed by atoms with E-state index in [0.29, 0.717) is 6.54 Å². The maximum absolute atomic E-state index is 12.9. The number of aromatic nitrogens is 2. The summed E-state index contributed by atoms with van der Waals surface area (Å²) in [4.78, 5) is 29.4. The van der Waals surface area contributed by atoms with Gasteiger partial charge in [-0.05, 0) is 54.0 Å². The Kier molecular flexibility index (Phi) is 5.33. The van der Waals surface area contributed by atoms with Crippen LogP contribution in [0.15, 0.2) is 65.7 Å². The van der Waals surface area contributed by atoms with Crippen LogP contribution in [0.3, 0.4) is 0 Å². The van der Waals surface area contributed by atoms with Crippen molar-refractivity contribution in [3.05, 3.63) is 88.1 Å². The number of amides is 1. The van der Waals surface area contributed by atoms with Crippen molar-refractivity contribution in [2.75, 3.05) is 0 Å². The molecule has 2 heterocycles. The van der Waals surface area contributed by atoms with Crippen LogP contribution in [0.1, 0.15) is 29.7 Å². The standard InChI is InChI=1S/C23H23N3O2/c27-22(25-15-17-7-6-12-24-14-17)16-26-21-11-5-4-10-19(21)20(13-23(26)28)18-8-2-1-3-9-18/h1-3,6-9,12-14H,4-5,10-11,15-16H2,(H,25,27). The molecule has 142 valence electrons. The molecular formula is C23H23N3O2. The Morgan fingerprint density at radius 1 is 1.07 bits per heavy atom. The van der Waals surface area contributed by atoms with E-state index in [1.54, 1.807) is 23.0 Å². The minimum atomic E-state index is -0.161. The lowest BCUT2D eigenvalue weighted by molar-refractivity contribution is -0.121. The monoisotopic (exact) mass is 373 g/mol. The van der Waals surface area contributed by atoms with Gasteiger partial charge in [0.15, 0.2) is 0 Å². The summed E-state index contributed by atoms with van der Waals surface area (Å²) in [6, 6.07) is 15.5. The first-order chi connectivity index (χ1) is 13.7. The molecule has 0 saturated carbocycles. The number of rotatable bonds is 5. The molecule has 4 rings (SSSR count). The minimum absolute atomic E-state index is 0.0521. The van der Waals surface area contributed by atoms with Crippen LogP contribution >= 0.6 is 0 Å². The second-order valence-corrected chi connectivity index (χ2v) is 7.12. The number of hydrogen-bond acceptors (Lipinski definition) is 3. The van der Waals surface area contributed by atoms with Gasteiger partial charge in [-0.2, -0.15) is 0 Å². The number of hydrogen-bond donors (Lipinski definition) is 1. The molecular weight excluding hydrogens is 350 g/mol. The number of benzene rings is 1. The molecule has 0 aliphatic heterocycles. The van der Waals surface area contributed by atoms with Crippen molar-refractivity contribution in [2.24, 2.45) is 0 Å². The topological polar surface area (TPSA) is 64.0 Å². The van der Waals surface area contributed by atoms with Crippen molar-refractivity contribution in [3.8, 4) is 11.1 Å². The van der Waals surface area contributed by atoms with Gasteiger partial charge >= 0.3 is 0 Å². The van der Waals surface area contributed by atoms with E-state index in [1.807, 2.05) is 42.5 Å². The highest BCUT2D eigenvalue weighted by molar-refractivity contribution is 5.76. The number of nitrogens with one attached hydrogen (secondary N) is 1. The van der Waals surface area contributed by atoms with Gasteiger partial charge in [0.2, 0.25) is 5.91 Å². The average Bonchev–Trinajstić information content (AvgIpc) is 2.75. The van der Waals surface area contributed by atoms with E-state index >= 15 is 0 Å². The summed E-state index contributed by atoms with van der Waals surface area (Å²) in [6.45, 7) is 0.461. The van der Waals surface area contributed by atoms with Crippen LogP contribution in [0.4, 0.5) is 0 Å². The van der Waals surface area contributed by atoms with Crippen LogP contribution in [0, 0.1) is 0 Å². The van der Waals surface area contributed by atoms with Crippen LogP contribution in [0.25, 0.3) is 11.1 Å². The van der Waals surface area contributed by atoms with Gasteiger partial charge in [-0.3, -0.25) is 14.6 Å². The molecule has 1 aromatic carbocycles. The summed E-state index contributed by atoms with van der Waals surface area (Å²) in [7, 11) is 0. The summed E-state index contributed by atoms with van der Waals surface area (Å²) >= 11 is 0. The van der Waals surface area contributed by atoms with Crippen molar-refractivity contribution >= 4 is 5.91 Å². The van der Waals surface area contributed by atoms with Crippen LogP contribution in [0.5, 0.6) is 0 Å². The fourth-order valence-electron chi connectivity index (χ4n) is 3.85. The maximum atomic E-state index is 12.9. The third-order valence-corrected chi connectivity index (χ3v) is 5.22. The lowest BCUT2D eigenvalue weighted by Gasteiger charge is -2.24. The number of pyridine rings is 2. The first-order valence-corrected chi connectivity index (χ1v) is 9.69. The van der Waals surface area contributed by atoms with Gasteiger partial charge in [0.05, 0.1) is 0 Å². The van der Waals surface area contributed by atoms with Crippen molar-refractivity contribution in [2.45, 2.75) is 38.8 Å². The highest BCUT2D eigenvalue weighted by Crippen LogP contribution is 2.30. The van der Waals surface area contributed by atoms with Gasteiger partial charge in [0.1, 0.15) is 6.54 Å². The molecule has 0 unspecified atom stereocenters. The van der Waals surface area contributed by atoms with Gasteiger partial charge in [-0.25, -0.2) is 0 Å². The van der Waals surface area contributed by atoms with E-state index in [1.165, 1.54) is 5.56 Å². The molecule has 0 saturated heterocycles. The molecule has 5 heteroatoms. The lowest BCUT2D eigenvalue weighted by Crippen LogP contribution is -2.35. The van der Waals surface area contributed by atoms with E-state index in [2.05, 4.69) is 10.3 Å². The molecule has 0 bridgehead atoms. The summed E-state index contributed by atoms with van der Waals surface area (Å²) in [6.07, 6.45) is 7.35. The fraction of sp³-hybridized carbons (Fsp3) is 0.261. The predicted molar refractivity (Wildman–Crippen MR) is 109 cm³/mol. The zero-order valence-corrected chi connectivity index (χ0v) is 15.7. The molecule has 2 aromatic heterocycles. The van der Waals surface area contributed by atoms with Gasteiger partial charge in [-0.15, -0.1) is 0 Å². The lowest BCUT2D eigenvalue weighted by atomic mass is 9.89. The largest absolute Gasteiger partial charge is 0.350 e. The molecule has 0 fully saturated rings. The predicted octanol–water partition coefficient (Wildman–Crippen LogP) is 3.11. The molecule has 0 spiro atoms. The molecule has 0 radical (unpaired) electrons. The summed E-state index contributed by atoms with van der Waals surface area (Å²) < 4.78 is 1.65. The SMILES string of the molecule is O=C(Cn1c2c(c(-c3ccccc3)cc1=O)CCCC2)NCc1cccnc1. The molecule has 1 amide bonds. The Labute approximate surface area is 164 Å². The number of carbonyl (C=O) groups excluding carboxylic acids is 1. The number of nitrogens with zero attached hydrogens (tertiary/aromatic N) is 2. The third kappa shape index (κ3) is 3.88. The highest BCUT2D eigenvalue weighted by atomic mass is 16.2. The van der Waals surface area contributed by atoms with E-state index < -0.39 is 0 Å². The van der Waals surface area contributed by atoms with E-state index in [4.69, 9.17) is 0 Å². The second kappa shape index (κ2) is 8.21.